The minimum Gasteiger partial charge on any atom is -0.489 e. The van der Waals surface area contributed by atoms with Gasteiger partial charge in [0.15, 0.2) is 0 Å². The van der Waals surface area contributed by atoms with Gasteiger partial charge in [-0.3, -0.25) is 4.79 Å². The van der Waals surface area contributed by atoms with Crippen LogP contribution >= 0.6 is 23.2 Å². The van der Waals surface area contributed by atoms with E-state index in [1.54, 1.807) is 6.07 Å². The highest BCUT2D eigenvalue weighted by atomic mass is 35.5. The molecule has 0 spiro atoms. The number of ether oxygens (including phenoxy) is 1. The van der Waals surface area contributed by atoms with Crippen LogP contribution in [0.4, 0.5) is 0 Å². The summed E-state index contributed by atoms with van der Waals surface area (Å²) in [4.78, 5) is 12.2. The van der Waals surface area contributed by atoms with Gasteiger partial charge in [-0.05, 0) is 25.1 Å². The summed E-state index contributed by atoms with van der Waals surface area (Å²) in [7, 11) is 0. The number of carbonyl (C=O) groups is 1. The molecule has 20 heavy (non-hydrogen) atoms. The Bertz CT molecular complexity index is 546. The smallest absolute Gasteiger partial charge is 0.223 e. The van der Waals surface area contributed by atoms with Gasteiger partial charge < -0.3 is 15.4 Å². The Morgan fingerprint density at radius 3 is 2.85 bits per heavy atom. The summed E-state index contributed by atoms with van der Waals surface area (Å²) in [5.74, 6) is 1.07. The van der Waals surface area contributed by atoms with Crippen LogP contribution in [0.2, 0.25) is 10.0 Å². The molecule has 1 amide bonds. The van der Waals surface area contributed by atoms with Crippen molar-refractivity contribution < 1.29 is 9.53 Å². The van der Waals surface area contributed by atoms with Crippen molar-refractivity contribution in [3.8, 4) is 5.75 Å². The number of halogens is 2. The van der Waals surface area contributed by atoms with Gasteiger partial charge in [0.2, 0.25) is 5.91 Å². The Labute approximate surface area is 127 Å². The first-order valence-corrected chi connectivity index (χ1v) is 7.45. The van der Waals surface area contributed by atoms with Gasteiger partial charge in [-0.15, -0.1) is 0 Å². The van der Waals surface area contributed by atoms with E-state index in [1.807, 2.05) is 13.0 Å². The highest BCUT2D eigenvalue weighted by Gasteiger charge is 2.33. The predicted molar refractivity (Wildman–Crippen MR) is 78.4 cm³/mol. The van der Waals surface area contributed by atoms with Crippen molar-refractivity contribution in [1.29, 1.82) is 0 Å². The fourth-order valence-corrected chi connectivity index (χ4v) is 2.90. The standard InChI is InChI=1S/C14H16Cl2N2O2/c1-7(8-4-17-5-8)14(19)18-11-6-20-13-9(11)2-3-10(15)12(13)16/h2-3,7-8,11,17H,4-6H2,1H3,(H,18,19). The maximum Gasteiger partial charge on any atom is 0.223 e. The van der Waals surface area contributed by atoms with Crippen molar-refractivity contribution in [3.05, 3.63) is 27.7 Å². The summed E-state index contributed by atoms with van der Waals surface area (Å²) in [5, 5.41) is 7.10. The van der Waals surface area contributed by atoms with E-state index in [1.165, 1.54) is 0 Å². The second-order valence-electron chi connectivity index (χ2n) is 5.36. The third kappa shape index (κ3) is 2.36. The number of fused-ring (bicyclic) bond motifs is 1. The van der Waals surface area contributed by atoms with Crippen LogP contribution < -0.4 is 15.4 Å². The summed E-state index contributed by atoms with van der Waals surface area (Å²) < 4.78 is 5.56. The lowest BCUT2D eigenvalue weighted by Crippen LogP contribution is -2.50. The molecule has 4 nitrogen and oxygen atoms in total. The number of carbonyl (C=O) groups excluding carboxylic acids is 1. The maximum absolute atomic E-state index is 12.2. The van der Waals surface area contributed by atoms with E-state index < -0.39 is 0 Å². The highest BCUT2D eigenvalue weighted by molar-refractivity contribution is 6.43. The zero-order chi connectivity index (χ0) is 14.3. The fraction of sp³-hybridized carbons (Fsp3) is 0.500. The van der Waals surface area contributed by atoms with Crippen molar-refractivity contribution in [2.24, 2.45) is 11.8 Å². The van der Waals surface area contributed by atoms with Gasteiger partial charge in [0, 0.05) is 11.5 Å². The third-order valence-electron chi connectivity index (χ3n) is 4.10. The molecule has 0 aromatic heterocycles. The second-order valence-corrected chi connectivity index (χ2v) is 6.14. The normalized spacial score (nSPS) is 22.6. The maximum atomic E-state index is 12.2. The summed E-state index contributed by atoms with van der Waals surface area (Å²) in [6.45, 7) is 4.19. The van der Waals surface area contributed by atoms with Crippen LogP contribution in [0, 0.1) is 11.8 Å². The molecule has 2 aliphatic heterocycles. The summed E-state index contributed by atoms with van der Waals surface area (Å²) >= 11 is 12.1. The average molecular weight is 315 g/mol. The largest absolute Gasteiger partial charge is 0.489 e. The minimum absolute atomic E-state index is 0.00284. The molecule has 1 aromatic rings. The van der Waals surface area contributed by atoms with Gasteiger partial charge >= 0.3 is 0 Å². The topological polar surface area (TPSA) is 50.4 Å². The molecule has 108 valence electrons. The molecule has 1 aromatic carbocycles. The lowest BCUT2D eigenvalue weighted by atomic mass is 9.88. The van der Waals surface area contributed by atoms with Crippen LogP contribution in [0.1, 0.15) is 18.5 Å². The zero-order valence-corrected chi connectivity index (χ0v) is 12.6. The number of nitrogens with one attached hydrogen (secondary N) is 2. The molecule has 0 bridgehead atoms. The van der Waals surface area contributed by atoms with Gasteiger partial charge in [0.05, 0.1) is 11.1 Å². The van der Waals surface area contributed by atoms with E-state index in [0.29, 0.717) is 28.3 Å². The van der Waals surface area contributed by atoms with E-state index in [0.717, 1.165) is 18.7 Å². The van der Waals surface area contributed by atoms with Crippen molar-refractivity contribution in [3.63, 3.8) is 0 Å². The predicted octanol–water partition coefficient (Wildman–Crippen LogP) is 2.40. The van der Waals surface area contributed by atoms with Crippen molar-refractivity contribution >= 4 is 29.1 Å². The van der Waals surface area contributed by atoms with E-state index in [9.17, 15) is 4.79 Å². The van der Waals surface area contributed by atoms with E-state index in [2.05, 4.69) is 10.6 Å². The Hall–Kier alpha value is -0.970. The van der Waals surface area contributed by atoms with Crippen LogP contribution in [-0.2, 0) is 4.79 Å². The van der Waals surface area contributed by atoms with E-state index in [4.69, 9.17) is 27.9 Å². The molecular weight excluding hydrogens is 299 g/mol. The second kappa shape index (κ2) is 5.43. The molecule has 1 saturated heterocycles. The Kier molecular flexibility index (Phi) is 3.80. The Balaban J connectivity index is 1.72. The molecule has 6 heteroatoms. The van der Waals surface area contributed by atoms with Crippen molar-refractivity contribution in [2.45, 2.75) is 13.0 Å². The molecule has 2 unspecified atom stereocenters. The lowest BCUT2D eigenvalue weighted by molar-refractivity contribution is -0.127. The highest BCUT2D eigenvalue weighted by Crippen LogP contribution is 2.42. The van der Waals surface area contributed by atoms with Gasteiger partial charge in [-0.2, -0.15) is 0 Å². The van der Waals surface area contributed by atoms with Crippen LogP contribution in [0.15, 0.2) is 12.1 Å². The molecule has 0 saturated carbocycles. The van der Waals surface area contributed by atoms with Gasteiger partial charge in [-0.1, -0.05) is 36.2 Å². The monoisotopic (exact) mass is 314 g/mol. The number of benzene rings is 1. The molecule has 2 heterocycles. The van der Waals surface area contributed by atoms with E-state index >= 15 is 0 Å². The van der Waals surface area contributed by atoms with Crippen LogP contribution in [0.5, 0.6) is 5.75 Å². The van der Waals surface area contributed by atoms with E-state index in [-0.39, 0.29) is 17.9 Å². The lowest BCUT2D eigenvalue weighted by Gasteiger charge is -2.32. The number of amides is 1. The third-order valence-corrected chi connectivity index (χ3v) is 4.89. The number of rotatable bonds is 3. The SMILES string of the molecule is CC(C(=O)NC1COc2c1ccc(Cl)c2Cl)C1CNC1. The van der Waals surface area contributed by atoms with Crippen LogP contribution in [0.3, 0.4) is 0 Å². The van der Waals surface area contributed by atoms with Crippen molar-refractivity contribution in [2.75, 3.05) is 19.7 Å². The summed E-state index contributed by atoms with van der Waals surface area (Å²) in [5.41, 5.74) is 0.895. The molecular formula is C14H16Cl2N2O2. The first kappa shape index (κ1) is 14.0. The van der Waals surface area contributed by atoms with Gasteiger partial charge in [-0.25, -0.2) is 0 Å². The number of hydrogen-bond acceptors (Lipinski definition) is 3. The summed E-state index contributed by atoms with van der Waals surface area (Å²) in [6.07, 6.45) is 0. The summed E-state index contributed by atoms with van der Waals surface area (Å²) in [6, 6.07) is 3.44. The molecule has 2 atom stereocenters. The molecule has 2 N–H and O–H groups in total. The van der Waals surface area contributed by atoms with Gasteiger partial charge in [0.1, 0.15) is 17.4 Å². The zero-order valence-electron chi connectivity index (χ0n) is 11.1. The Morgan fingerprint density at radius 2 is 2.20 bits per heavy atom. The average Bonchev–Trinajstić information content (AvgIpc) is 2.75. The molecule has 2 aliphatic rings. The molecule has 0 radical (unpaired) electrons. The number of hydrogen-bond donors (Lipinski definition) is 2. The first-order chi connectivity index (χ1) is 9.58. The van der Waals surface area contributed by atoms with Gasteiger partial charge in [0.25, 0.3) is 0 Å². The molecule has 0 aliphatic carbocycles. The van der Waals surface area contributed by atoms with Crippen molar-refractivity contribution in [1.82, 2.24) is 10.6 Å². The van der Waals surface area contributed by atoms with Crippen LogP contribution in [-0.4, -0.2) is 25.6 Å². The molecule has 3 rings (SSSR count). The molecule has 1 fully saturated rings. The first-order valence-electron chi connectivity index (χ1n) is 6.69. The van der Waals surface area contributed by atoms with Crippen LogP contribution in [0.25, 0.3) is 0 Å². The quantitative estimate of drug-likeness (QED) is 0.900. The fourth-order valence-electron chi connectivity index (χ4n) is 2.53. The Morgan fingerprint density at radius 1 is 1.45 bits per heavy atom. The minimum atomic E-state index is -0.150.